The summed E-state index contributed by atoms with van der Waals surface area (Å²) >= 11 is 0. The number of pyridine rings is 1. The van der Waals surface area contributed by atoms with Crippen LogP contribution in [0.4, 0.5) is 17.5 Å². The van der Waals surface area contributed by atoms with E-state index in [1.165, 1.54) is 0 Å². The van der Waals surface area contributed by atoms with Crippen molar-refractivity contribution in [3.63, 3.8) is 0 Å². The van der Waals surface area contributed by atoms with E-state index in [0.29, 0.717) is 0 Å². The predicted octanol–water partition coefficient (Wildman–Crippen LogP) is 1.57. The number of aryl methyl sites for hydroxylation is 1. The van der Waals surface area contributed by atoms with Crippen molar-refractivity contribution in [3.05, 3.63) is 36.0 Å². The molecule has 0 atom stereocenters. The number of hydrogen-bond acceptors (Lipinski definition) is 6. The predicted molar refractivity (Wildman–Crippen MR) is 89.8 cm³/mol. The Balaban J connectivity index is 1.64. The van der Waals surface area contributed by atoms with Crippen molar-refractivity contribution in [2.45, 2.75) is 6.92 Å². The van der Waals surface area contributed by atoms with Gasteiger partial charge in [-0.2, -0.15) is 0 Å². The van der Waals surface area contributed by atoms with E-state index in [2.05, 4.69) is 37.1 Å². The van der Waals surface area contributed by atoms with Crippen molar-refractivity contribution in [2.75, 3.05) is 55.0 Å². The molecule has 2 aromatic rings. The largest absolute Gasteiger partial charge is 0.361 e. The minimum atomic E-state index is 0.881. The highest BCUT2D eigenvalue weighted by Gasteiger charge is 2.19. The molecule has 3 rings (SSSR count). The summed E-state index contributed by atoms with van der Waals surface area (Å²) in [6, 6.07) is 10.2. The highest BCUT2D eigenvalue weighted by Crippen LogP contribution is 2.18. The van der Waals surface area contributed by atoms with Gasteiger partial charge in [-0.3, -0.25) is 0 Å². The van der Waals surface area contributed by atoms with Gasteiger partial charge in [0.25, 0.3) is 0 Å². The molecule has 1 fully saturated rings. The summed E-state index contributed by atoms with van der Waals surface area (Å²) in [7, 11) is 3.94. The number of piperazine rings is 1. The molecule has 0 N–H and O–H groups in total. The number of hydrogen-bond donors (Lipinski definition) is 0. The minimum absolute atomic E-state index is 0.881. The summed E-state index contributed by atoms with van der Waals surface area (Å²) in [5, 5.41) is 8.59. The van der Waals surface area contributed by atoms with Gasteiger partial charge in [-0.25, -0.2) is 4.98 Å². The first kappa shape index (κ1) is 14.6. The molecule has 22 heavy (non-hydrogen) atoms. The van der Waals surface area contributed by atoms with Crippen LogP contribution in [0.2, 0.25) is 0 Å². The second kappa shape index (κ2) is 6.17. The summed E-state index contributed by atoms with van der Waals surface area (Å²) in [4.78, 5) is 11.2. The maximum Gasteiger partial charge on any atom is 0.151 e. The molecule has 1 aliphatic heterocycles. The highest BCUT2D eigenvalue weighted by atomic mass is 15.3. The number of rotatable bonds is 3. The Morgan fingerprint density at radius 2 is 1.55 bits per heavy atom. The first-order valence-corrected chi connectivity index (χ1v) is 7.58. The van der Waals surface area contributed by atoms with Gasteiger partial charge in [0.2, 0.25) is 0 Å². The van der Waals surface area contributed by atoms with E-state index in [4.69, 9.17) is 0 Å². The van der Waals surface area contributed by atoms with Gasteiger partial charge in [0.15, 0.2) is 11.6 Å². The highest BCUT2D eigenvalue weighted by molar-refractivity contribution is 5.47. The molecule has 3 heterocycles. The van der Waals surface area contributed by atoms with Crippen LogP contribution >= 0.6 is 0 Å². The average molecular weight is 298 g/mol. The topological polar surface area (TPSA) is 48.4 Å². The first-order chi connectivity index (χ1) is 10.6. The number of anilines is 3. The van der Waals surface area contributed by atoms with Crippen molar-refractivity contribution < 1.29 is 0 Å². The van der Waals surface area contributed by atoms with Gasteiger partial charge >= 0.3 is 0 Å². The van der Waals surface area contributed by atoms with Crippen LogP contribution in [0.15, 0.2) is 30.3 Å². The zero-order valence-corrected chi connectivity index (χ0v) is 13.4. The van der Waals surface area contributed by atoms with Crippen LogP contribution in [0.5, 0.6) is 0 Å². The summed E-state index contributed by atoms with van der Waals surface area (Å²) < 4.78 is 0. The zero-order chi connectivity index (χ0) is 15.5. The third kappa shape index (κ3) is 3.10. The monoisotopic (exact) mass is 298 g/mol. The fourth-order valence-electron chi connectivity index (χ4n) is 2.59. The molecule has 6 heteroatoms. The van der Waals surface area contributed by atoms with E-state index in [9.17, 15) is 0 Å². The lowest BCUT2D eigenvalue weighted by Gasteiger charge is -2.36. The molecule has 0 bridgehead atoms. The van der Waals surface area contributed by atoms with Gasteiger partial charge in [-0.15, -0.1) is 10.2 Å². The SMILES string of the molecule is Cc1cccc(N2CCN(c3ccc(N(C)C)nn3)CC2)n1. The Hall–Kier alpha value is -2.37. The summed E-state index contributed by atoms with van der Waals surface area (Å²) in [6.07, 6.45) is 0. The van der Waals surface area contributed by atoms with Crippen molar-refractivity contribution in [1.82, 2.24) is 15.2 Å². The molecule has 1 aliphatic rings. The second-order valence-corrected chi connectivity index (χ2v) is 5.76. The lowest BCUT2D eigenvalue weighted by Crippen LogP contribution is -2.47. The Kier molecular flexibility index (Phi) is 4.09. The molecule has 0 saturated carbocycles. The molecule has 0 unspecified atom stereocenters. The Morgan fingerprint density at radius 3 is 2.09 bits per heavy atom. The Labute approximate surface area is 131 Å². The molecule has 2 aromatic heterocycles. The third-order valence-corrected chi connectivity index (χ3v) is 3.90. The minimum Gasteiger partial charge on any atom is -0.361 e. The third-order valence-electron chi connectivity index (χ3n) is 3.90. The summed E-state index contributed by atoms with van der Waals surface area (Å²) in [5.41, 5.74) is 1.06. The smallest absolute Gasteiger partial charge is 0.151 e. The molecule has 0 aliphatic carbocycles. The van der Waals surface area contributed by atoms with E-state index in [-0.39, 0.29) is 0 Å². The molecule has 0 radical (unpaired) electrons. The fourth-order valence-corrected chi connectivity index (χ4v) is 2.59. The van der Waals surface area contributed by atoms with Crippen molar-refractivity contribution in [2.24, 2.45) is 0 Å². The van der Waals surface area contributed by atoms with Crippen LogP contribution in [-0.2, 0) is 0 Å². The lowest BCUT2D eigenvalue weighted by atomic mass is 10.3. The van der Waals surface area contributed by atoms with E-state index < -0.39 is 0 Å². The second-order valence-electron chi connectivity index (χ2n) is 5.76. The van der Waals surface area contributed by atoms with Crippen LogP contribution in [0.25, 0.3) is 0 Å². The number of nitrogens with zero attached hydrogens (tertiary/aromatic N) is 6. The van der Waals surface area contributed by atoms with Gasteiger partial charge in [-0.1, -0.05) is 6.07 Å². The Bertz CT molecular complexity index is 617. The molecule has 1 saturated heterocycles. The quantitative estimate of drug-likeness (QED) is 0.857. The van der Waals surface area contributed by atoms with E-state index >= 15 is 0 Å². The van der Waals surface area contributed by atoms with Gasteiger partial charge in [0.05, 0.1) is 0 Å². The van der Waals surface area contributed by atoms with Gasteiger partial charge in [0.1, 0.15) is 5.82 Å². The van der Waals surface area contributed by atoms with Gasteiger partial charge in [-0.05, 0) is 31.2 Å². The molecule has 0 amide bonds. The van der Waals surface area contributed by atoms with Crippen molar-refractivity contribution >= 4 is 17.5 Å². The molecular weight excluding hydrogens is 276 g/mol. The van der Waals surface area contributed by atoms with Crippen LogP contribution in [-0.4, -0.2) is 55.5 Å². The van der Waals surface area contributed by atoms with Crippen LogP contribution in [0.1, 0.15) is 5.69 Å². The summed E-state index contributed by atoms with van der Waals surface area (Å²) in [5.74, 6) is 2.89. The van der Waals surface area contributed by atoms with Crippen LogP contribution in [0.3, 0.4) is 0 Å². The normalized spacial score (nSPS) is 15.0. The number of aromatic nitrogens is 3. The average Bonchev–Trinajstić information content (AvgIpc) is 2.55. The molecule has 116 valence electrons. The van der Waals surface area contributed by atoms with Crippen molar-refractivity contribution in [1.29, 1.82) is 0 Å². The van der Waals surface area contributed by atoms with Crippen LogP contribution in [0, 0.1) is 6.92 Å². The molecule has 0 spiro atoms. The van der Waals surface area contributed by atoms with E-state index in [0.717, 1.165) is 49.3 Å². The summed E-state index contributed by atoms with van der Waals surface area (Å²) in [6.45, 7) is 5.81. The lowest BCUT2D eigenvalue weighted by molar-refractivity contribution is 0.637. The van der Waals surface area contributed by atoms with Gasteiger partial charge in [0, 0.05) is 46.0 Å². The first-order valence-electron chi connectivity index (χ1n) is 7.58. The Morgan fingerprint density at radius 1 is 0.864 bits per heavy atom. The van der Waals surface area contributed by atoms with Crippen LogP contribution < -0.4 is 14.7 Å². The van der Waals surface area contributed by atoms with E-state index in [1.54, 1.807) is 0 Å². The van der Waals surface area contributed by atoms with Gasteiger partial charge < -0.3 is 14.7 Å². The molecule has 0 aromatic carbocycles. The molecule has 6 nitrogen and oxygen atoms in total. The maximum atomic E-state index is 4.60. The zero-order valence-electron chi connectivity index (χ0n) is 13.4. The van der Waals surface area contributed by atoms with Crippen molar-refractivity contribution in [3.8, 4) is 0 Å². The fraction of sp³-hybridized carbons (Fsp3) is 0.438. The van der Waals surface area contributed by atoms with E-state index in [1.807, 2.05) is 44.1 Å². The standard InChI is InChI=1S/C16H22N6/c1-13-5-4-6-14(17-13)21-9-11-22(12-10-21)16-8-7-15(18-19-16)20(2)3/h4-8H,9-12H2,1-3H3. The molecular formula is C16H22N6. The maximum absolute atomic E-state index is 4.60.